The number of rotatable bonds is 4. The third-order valence-electron chi connectivity index (χ3n) is 0.537. The van der Waals surface area contributed by atoms with Crippen LogP contribution in [0.25, 0.3) is 0 Å². The Kier molecular flexibility index (Phi) is 5.04. The fourth-order valence-corrected chi connectivity index (χ4v) is 0.469. The second-order valence-electron chi connectivity index (χ2n) is 1.63. The minimum absolute atomic E-state index is 0.461. The van der Waals surface area contributed by atoms with E-state index in [0.717, 1.165) is 0 Å². The zero-order valence-electron chi connectivity index (χ0n) is 5.13. The first-order chi connectivity index (χ1) is 4.13. The van der Waals surface area contributed by atoms with Crippen LogP contribution in [0.2, 0.25) is 0 Å². The number of ether oxygens (including phenoxy) is 1. The lowest BCUT2D eigenvalue weighted by atomic mass is 10.6. The molecule has 0 spiro atoms. The summed E-state index contributed by atoms with van der Waals surface area (Å²) in [4.78, 5) is 1.43. The highest BCUT2D eigenvalue weighted by Gasteiger charge is 1.87. The molecule has 0 aromatic heterocycles. The lowest BCUT2D eigenvalue weighted by Crippen LogP contribution is -1.94. The molecule has 9 heavy (non-hydrogen) atoms. The summed E-state index contributed by atoms with van der Waals surface area (Å²) in [6.45, 7) is 8.00. The van der Waals surface area contributed by atoms with Crippen LogP contribution in [0.1, 0.15) is 0 Å². The van der Waals surface area contributed by atoms with Crippen LogP contribution in [0.15, 0.2) is 23.0 Å². The summed E-state index contributed by atoms with van der Waals surface area (Å²) in [6, 6.07) is 0. The van der Waals surface area contributed by atoms with Gasteiger partial charge in [0, 0.05) is 9.81 Å². The van der Waals surface area contributed by atoms with Gasteiger partial charge in [-0.05, 0) is 0 Å². The fourth-order valence-electron chi connectivity index (χ4n) is 0.287. The van der Waals surface area contributed by atoms with E-state index in [1.54, 1.807) is 0 Å². The van der Waals surface area contributed by atoms with E-state index in [0.29, 0.717) is 23.0 Å². The molecule has 0 bridgehead atoms. The van der Waals surface area contributed by atoms with Gasteiger partial charge in [0.1, 0.15) is 0 Å². The zero-order valence-corrected chi connectivity index (χ0v) is 6.92. The molecule has 0 aliphatic carbocycles. The molecule has 0 atom stereocenters. The van der Waals surface area contributed by atoms with Crippen molar-refractivity contribution in [2.24, 2.45) is 0 Å². The van der Waals surface area contributed by atoms with Gasteiger partial charge in [0.2, 0.25) is 0 Å². The fraction of sp³-hybridized carbons (Fsp3) is 0.333. The molecule has 0 unspecified atom stereocenters. The van der Waals surface area contributed by atoms with Crippen molar-refractivity contribution in [2.45, 2.75) is 0 Å². The van der Waals surface area contributed by atoms with E-state index < -0.39 is 0 Å². The quantitative estimate of drug-likeness (QED) is 0.600. The van der Waals surface area contributed by atoms with Gasteiger partial charge in [0.15, 0.2) is 0 Å². The SMILES string of the molecule is C=C(S)COCC(=C)S. The molecule has 52 valence electrons. The molecule has 0 aliphatic rings. The van der Waals surface area contributed by atoms with Crippen molar-refractivity contribution in [3.8, 4) is 0 Å². The minimum Gasteiger partial charge on any atom is -0.371 e. The lowest BCUT2D eigenvalue weighted by molar-refractivity contribution is 0.190. The van der Waals surface area contributed by atoms with Gasteiger partial charge < -0.3 is 4.74 Å². The normalized spacial score (nSPS) is 9.11. The molecule has 0 aromatic rings. The van der Waals surface area contributed by atoms with Crippen molar-refractivity contribution in [3.05, 3.63) is 23.0 Å². The highest BCUT2D eigenvalue weighted by atomic mass is 32.1. The van der Waals surface area contributed by atoms with E-state index in [1.165, 1.54) is 0 Å². The van der Waals surface area contributed by atoms with Gasteiger partial charge in [0.25, 0.3) is 0 Å². The first kappa shape index (κ1) is 9.14. The summed E-state index contributed by atoms with van der Waals surface area (Å²) >= 11 is 7.85. The molecular weight excluding hydrogens is 152 g/mol. The van der Waals surface area contributed by atoms with Gasteiger partial charge >= 0.3 is 0 Å². The molecule has 0 N–H and O–H groups in total. The van der Waals surface area contributed by atoms with Crippen molar-refractivity contribution in [3.63, 3.8) is 0 Å². The summed E-state index contributed by atoms with van der Waals surface area (Å²) < 4.78 is 5.00. The molecule has 0 rings (SSSR count). The van der Waals surface area contributed by atoms with E-state index in [2.05, 4.69) is 38.4 Å². The lowest BCUT2D eigenvalue weighted by Gasteiger charge is -1.99. The van der Waals surface area contributed by atoms with Crippen LogP contribution in [0.3, 0.4) is 0 Å². The van der Waals surface area contributed by atoms with Gasteiger partial charge in [-0.1, -0.05) is 13.2 Å². The Balaban J connectivity index is 3.10. The summed E-state index contributed by atoms with van der Waals surface area (Å²) in [5.74, 6) is 0. The maximum absolute atomic E-state index is 5.00. The highest BCUT2D eigenvalue weighted by molar-refractivity contribution is 7.84. The van der Waals surface area contributed by atoms with Crippen molar-refractivity contribution in [2.75, 3.05) is 13.2 Å². The van der Waals surface area contributed by atoms with Crippen LogP contribution in [-0.2, 0) is 4.74 Å². The Hall–Kier alpha value is 0.140. The van der Waals surface area contributed by atoms with Gasteiger partial charge in [-0.15, -0.1) is 25.3 Å². The molecule has 1 nitrogen and oxygen atoms in total. The standard InChI is InChI=1S/C6H10OS2/c1-5(8)3-7-4-6(2)9/h8-9H,1-4H2. The van der Waals surface area contributed by atoms with Crippen LogP contribution in [0.5, 0.6) is 0 Å². The van der Waals surface area contributed by atoms with Crippen LogP contribution >= 0.6 is 25.3 Å². The Labute approximate surface area is 66.6 Å². The second kappa shape index (κ2) is 4.97. The predicted molar refractivity (Wildman–Crippen MR) is 47.1 cm³/mol. The molecule has 0 radical (unpaired) electrons. The van der Waals surface area contributed by atoms with Crippen molar-refractivity contribution in [1.82, 2.24) is 0 Å². The maximum Gasteiger partial charge on any atom is 0.0771 e. The third kappa shape index (κ3) is 8.14. The molecule has 0 aliphatic heterocycles. The molecule has 0 saturated carbocycles. The zero-order chi connectivity index (χ0) is 7.28. The van der Waals surface area contributed by atoms with Crippen molar-refractivity contribution in [1.29, 1.82) is 0 Å². The van der Waals surface area contributed by atoms with Gasteiger partial charge in [-0.2, -0.15) is 0 Å². The number of hydrogen-bond acceptors (Lipinski definition) is 3. The molecule has 3 heteroatoms. The van der Waals surface area contributed by atoms with E-state index in [4.69, 9.17) is 4.74 Å². The summed E-state index contributed by atoms with van der Waals surface area (Å²) in [7, 11) is 0. The molecule has 0 fully saturated rings. The molecule has 0 amide bonds. The Morgan fingerprint density at radius 2 is 1.44 bits per heavy atom. The van der Waals surface area contributed by atoms with E-state index >= 15 is 0 Å². The average Bonchev–Trinajstić information content (AvgIpc) is 1.63. The van der Waals surface area contributed by atoms with Crippen LogP contribution in [-0.4, -0.2) is 13.2 Å². The maximum atomic E-state index is 5.00. The summed E-state index contributed by atoms with van der Waals surface area (Å²) in [6.07, 6.45) is 0. The van der Waals surface area contributed by atoms with E-state index in [1.807, 2.05) is 0 Å². The van der Waals surface area contributed by atoms with Gasteiger partial charge in [-0.25, -0.2) is 0 Å². The summed E-state index contributed by atoms with van der Waals surface area (Å²) in [5, 5.41) is 0. The first-order valence-corrected chi connectivity index (χ1v) is 3.33. The van der Waals surface area contributed by atoms with Crippen LogP contribution < -0.4 is 0 Å². The van der Waals surface area contributed by atoms with Gasteiger partial charge in [0.05, 0.1) is 13.2 Å². The summed E-state index contributed by atoms with van der Waals surface area (Å²) in [5.41, 5.74) is 0. The van der Waals surface area contributed by atoms with Gasteiger partial charge in [-0.3, -0.25) is 0 Å². The topological polar surface area (TPSA) is 9.23 Å². The molecular formula is C6H10OS2. The second-order valence-corrected chi connectivity index (χ2v) is 2.89. The Morgan fingerprint density at radius 3 is 1.67 bits per heavy atom. The average molecular weight is 162 g/mol. The highest BCUT2D eigenvalue weighted by Crippen LogP contribution is 2.00. The number of thiol groups is 2. The molecule has 0 saturated heterocycles. The van der Waals surface area contributed by atoms with E-state index in [-0.39, 0.29) is 0 Å². The van der Waals surface area contributed by atoms with E-state index in [9.17, 15) is 0 Å². The minimum atomic E-state index is 0.461. The van der Waals surface area contributed by atoms with Crippen LogP contribution in [0, 0.1) is 0 Å². The largest absolute Gasteiger partial charge is 0.371 e. The van der Waals surface area contributed by atoms with Crippen LogP contribution in [0.4, 0.5) is 0 Å². The monoisotopic (exact) mass is 162 g/mol. The molecule has 0 aromatic carbocycles. The Morgan fingerprint density at radius 1 is 1.11 bits per heavy atom. The van der Waals surface area contributed by atoms with Crippen molar-refractivity contribution >= 4 is 25.3 Å². The van der Waals surface area contributed by atoms with Crippen molar-refractivity contribution < 1.29 is 4.74 Å². The first-order valence-electron chi connectivity index (χ1n) is 2.44. The third-order valence-corrected chi connectivity index (χ3v) is 0.796. The Bertz CT molecular complexity index is 106. The predicted octanol–water partition coefficient (Wildman–Crippen LogP) is 1.89. The smallest absolute Gasteiger partial charge is 0.0771 e. The molecule has 0 heterocycles. The number of hydrogen-bond donors (Lipinski definition) is 2.